The van der Waals surface area contributed by atoms with Crippen molar-refractivity contribution in [3.8, 4) is 0 Å². The standard InChI is InChI=1S/C13H11BrOS2/c14-13-3-1-12(2-4-13)10-17(15)8-6-11-5-7-16-9-11/h1-9H,10H2/b8-6+. The Hall–Kier alpha value is -0.550. The topological polar surface area (TPSA) is 23.1 Å². The molecule has 0 spiro atoms. The summed E-state index contributed by atoms with van der Waals surface area (Å²) in [5.74, 6) is 0.563. The molecule has 1 aromatic carbocycles. The summed E-state index contributed by atoms with van der Waals surface area (Å²) < 4.78 is 12.9. The van der Waals surface area contributed by atoms with Crippen molar-refractivity contribution in [3.05, 3.63) is 62.1 Å². The molecule has 1 heterocycles. The number of hydrogen-bond donors (Lipinski definition) is 0. The number of hydrogen-bond acceptors (Lipinski definition) is 2. The summed E-state index contributed by atoms with van der Waals surface area (Å²) >= 11 is 4.07. The highest BCUT2D eigenvalue weighted by atomic mass is 79.9. The molecule has 0 saturated heterocycles. The van der Waals surface area contributed by atoms with E-state index in [4.69, 9.17) is 0 Å². The minimum Gasteiger partial charge on any atom is -0.612 e. The number of rotatable bonds is 4. The van der Waals surface area contributed by atoms with Crippen molar-refractivity contribution in [3.63, 3.8) is 0 Å². The van der Waals surface area contributed by atoms with Crippen molar-refractivity contribution in [2.24, 2.45) is 0 Å². The van der Waals surface area contributed by atoms with E-state index in [-0.39, 0.29) is 0 Å². The fourth-order valence-corrected chi connectivity index (χ4v) is 3.14. The molecule has 4 heteroatoms. The quantitative estimate of drug-likeness (QED) is 0.762. The van der Waals surface area contributed by atoms with Crippen LogP contribution in [0.15, 0.2) is 51.0 Å². The molecule has 0 aliphatic carbocycles. The van der Waals surface area contributed by atoms with Crippen LogP contribution in [0.3, 0.4) is 0 Å². The summed E-state index contributed by atoms with van der Waals surface area (Å²) in [7, 11) is 0. The first kappa shape index (κ1) is 12.9. The molecule has 0 fully saturated rings. The highest BCUT2D eigenvalue weighted by Crippen LogP contribution is 2.15. The highest BCUT2D eigenvalue weighted by Gasteiger charge is 2.03. The molecular weight excluding hydrogens is 316 g/mol. The minimum absolute atomic E-state index is 0.563. The maximum atomic E-state index is 11.8. The highest BCUT2D eigenvalue weighted by molar-refractivity contribution is 9.10. The summed E-state index contributed by atoms with van der Waals surface area (Å²) in [5.41, 5.74) is 2.20. The Morgan fingerprint density at radius 1 is 1.24 bits per heavy atom. The van der Waals surface area contributed by atoms with Gasteiger partial charge >= 0.3 is 0 Å². The van der Waals surface area contributed by atoms with Crippen molar-refractivity contribution < 1.29 is 4.55 Å². The van der Waals surface area contributed by atoms with Crippen LogP contribution in [0.4, 0.5) is 0 Å². The molecule has 2 aromatic rings. The predicted molar refractivity (Wildman–Crippen MR) is 79.3 cm³/mol. The van der Waals surface area contributed by atoms with Gasteiger partial charge < -0.3 is 4.55 Å². The van der Waals surface area contributed by atoms with Gasteiger partial charge in [0.25, 0.3) is 0 Å². The van der Waals surface area contributed by atoms with E-state index >= 15 is 0 Å². The Kier molecular flexibility index (Phi) is 4.86. The summed E-state index contributed by atoms with van der Waals surface area (Å²) in [4.78, 5) is 0. The maximum absolute atomic E-state index is 11.8. The molecule has 2 rings (SSSR count). The average molecular weight is 327 g/mol. The second-order valence-electron chi connectivity index (χ2n) is 3.51. The second kappa shape index (κ2) is 6.40. The van der Waals surface area contributed by atoms with E-state index < -0.39 is 11.2 Å². The molecule has 0 aliphatic rings. The smallest absolute Gasteiger partial charge is 0.135 e. The van der Waals surface area contributed by atoms with E-state index in [0.29, 0.717) is 5.75 Å². The molecule has 17 heavy (non-hydrogen) atoms. The van der Waals surface area contributed by atoms with Gasteiger partial charge in [-0.05, 0) is 51.8 Å². The lowest BCUT2D eigenvalue weighted by Gasteiger charge is -2.05. The van der Waals surface area contributed by atoms with Crippen LogP contribution >= 0.6 is 27.3 Å². The van der Waals surface area contributed by atoms with Gasteiger partial charge in [0.1, 0.15) is 11.2 Å². The summed E-state index contributed by atoms with van der Waals surface area (Å²) in [6.45, 7) is 0. The fraction of sp³-hybridized carbons (Fsp3) is 0.0769. The Morgan fingerprint density at radius 2 is 2.00 bits per heavy atom. The van der Waals surface area contributed by atoms with Gasteiger partial charge in [-0.1, -0.05) is 28.1 Å². The van der Waals surface area contributed by atoms with Crippen molar-refractivity contribution in [1.82, 2.24) is 0 Å². The zero-order chi connectivity index (χ0) is 12.1. The third kappa shape index (κ3) is 4.32. The molecule has 0 aliphatic heterocycles. The first-order chi connectivity index (χ1) is 8.24. The molecule has 1 unspecified atom stereocenters. The van der Waals surface area contributed by atoms with Crippen LogP contribution < -0.4 is 0 Å². The van der Waals surface area contributed by atoms with Crippen LogP contribution in [0.5, 0.6) is 0 Å². The molecule has 0 N–H and O–H groups in total. The molecule has 0 amide bonds. The van der Waals surface area contributed by atoms with Crippen molar-refractivity contribution in [2.75, 3.05) is 0 Å². The van der Waals surface area contributed by atoms with Gasteiger partial charge in [-0.25, -0.2) is 0 Å². The number of halogens is 1. The van der Waals surface area contributed by atoms with Crippen LogP contribution in [0, 0.1) is 0 Å². The molecule has 88 valence electrons. The van der Waals surface area contributed by atoms with E-state index in [0.717, 1.165) is 15.6 Å². The Bertz CT molecular complexity index is 477. The Balaban J connectivity index is 1.93. The lowest BCUT2D eigenvalue weighted by atomic mass is 10.2. The van der Waals surface area contributed by atoms with Gasteiger partial charge in [0.2, 0.25) is 0 Å². The second-order valence-corrected chi connectivity index (χ2v) is 6.53. The van der Waals surface area contributed by atoms with Gasteiger partial charge in [-0.2, -0.15) is 11.3 Å². The Labute approximate surface area is 116 Å². The number of benzene rings is 1. The van der Waals surface area contributed by atoms with E-state index in [9.17, 15) is 4.55 Å². The third-order valence-corrected chi connectivity index (χ3v) is 4.47. The molecular formula is C13H11BrOS2. The summed E-state index contributed by atoms with van der Waals surface area (Å²) in [6.07, 6.45) is 1.91. The average Bonchev–Trinajstić information content (AvgIpc) is 2.83. The zero-order valence-corrected chi connectivity index (χ0v) is 12.2. The monoisotopic (exact) mass is 326 g/mol. The maximum Gasteiger partial charge on any atom is 0.135 e. The minimum atomic E-state index is -0.953. The van der Waals surface area contributed by atoms with Crippen LogP contribution in [0.2, 0.25) is 0 Å². The van der Waals surface area contributed by atoms with Crippen molar-refractivity contribution >= 4 is 44.5 Å². The van der Waals surface area contributed by atoms with Crippen LogP contribution in [0.1, 0.15) is 11.1 Å². The molecule has 1 nitrogen and oxygen atoms in total. The lowest BCUT2D eigenvalue weighted by Crippen LogP contribution is -1.99. The summed E-state index contributed by atoms with van der Waals surface area (Å²) in [5, 5.41) is 5.80. The lowest BCUT2D eigenvalue weighted by molar-refractivity contribution is 0.603. The Morgan fingerprint density at radius 3 is 2.65 bits per heavy atom. The van der Waals surface area contributed by atoms with Gasteiger partial charge in [-0.15, -0.1) is 0 Å². The summed E-state index contributed by atoms with van der Waals surface area (Å²) in [6, 6.07) is 9.92. The van der Waals surface area contributed by atoms with Crippen molar-refractivity contribution in [2.45, 2.75) is 5.75 Å². The van der Waals surface area contributed by atoms with Gasteiger partial charge in [0.05, 0.1) is 0 Å². The fourth-order valence-electron chi connectivity index (χ4n) is 1.32. The zero-order valence-electron chi connectivity index (χ0n) is 9.01. The third-order valence-electron chi connectivity index (χ3n) is 2.18. The molecule has 0 bridgehead atoms. The van der Waals surface area contributed by atoms with E-state index in [1.165, 1.54) is 0 Å². The molecule has 0 radical (unpaired) electrons. The SMILES string of the molecule is [O-][S+](/C=C/c1ccsc1)Cc1ccc(Br)cc1. The van der Waals surface area contributed by atoms with Crippen LogP contribution in [-0.4, -0.2) is 4.55 Å². The van der Waals surface area contributed by atoms with E-state index in [1.54, 1.807) is 16.7 Å². The molecule has 0 saturated carbocycles. The van der Waals surface area contributed by atoms with Gasteiger partial charge in [0, 0.05) is 10.0 Å². The molecule has 1 aromatic heterocycles. The first-order valence-electron chi connectivity index (χ1n) is 5.06. The molecule has 1 atom stereocenters. The first-order valence-corrected chi connectivity index (χ1v) is 8.18. The number of thiophene rings is 1. The van der Waals surface area contributed by atoms with Crippen LogP contribution in [0.25, 0.3) is 6.08 Å². The van der Waals surface area contributed by atoms with Gasteiger partial charge in [-0.3, -0.25) is 0 Å². The predicted octanol–water partition coefficient (Wildman–Crippen LogP) is 4.43. The van der Waals surface area contributed by atoms with Crippen molar-refractivity contribution in [1.29, 1.82) is 0 Å². The van der Waals surface area contributed by atoms with Crippen LogP contribution in [-0.2, 0) is 16.9 Å². The van der Waals surface area contributed by atoms with E-state index in [1.807, 2.05) is 47.2 Å². The largest absolute Gasteiger partial charge is 0.612 e. The van der Waals surface area contributed by atoms with E-state index in [2.05, 4.69) is 15.9 Å². The van der Waals surface area contributed by atoms with Gasteiger partial charge in [0.15, 0.2) is 0 Å². The normalized spacial score (nSPS) is 13.1.